The predicted molar refractivity (Wildman–Crippen MR) is 107 cm³/mol. The van der Waals surface area contributed by atoms with Gasteiger partial charge in [0.05, 0.1) is 16.5 Å². The van der Waals surface area contributed by atoms with E-state index in [0.29, 0.717) is 27.4 Å². The molecule has 0 atom stereocenters. The third kappa shape index (κ3) is 4.38. The fourth-order valence-corrected chi connectivity index (χ4v) is 3.53. The second-order valence-corrected chi connectivity index (χ2v) is 7.16. The Balaban J connectivity index is 1.69. The average molecular weight is 407 g/mol. The van der Waals surface area contributed by atoms with E-state index in [2.05, 4.69) is 15.5 Å². The standard InChI is InChI=1S/C18H16Cl2N4OS/c1-2-24-17(12-6-4-3-5-7-12)22-23-18(24)26-11-16(25)21-15-10-13(19)8-9-14(15)20/h3-10H,2,11H2,1H3,(H,21,25). The third-order valence-corrected chi connectivity index (χ3v) is 5.13. The zero-order chi connectivity index (χ0) is 18.5. The molecule has 1 amide bonds. The smallest absolute Gasteiger partial charge is 0.234 e. The van der Waals surface area contributed by atoms with Crippen molar-refractivity contribution in [2.24, 2.45) is 0 Å². The summed E-state index contributed by atoms with van der Waals surface area (Å²) in [6.45, 7) is 2.73. The van der Waals surface area contributed by atoms with Crippen molar-refractivity contribution in [1.29, 1.82) is 0 Å². The first-order chi connectivity index (χ1) is 12.6. The van der Waals surface area contributed by atoms with Crippen molar-refractivity contribution in [1.82, 2.24) is 14.8 Å². The molecule has 8 heteroatoms. The molecule has 0 saturated carbocycles. The summed E-state index contributed by atoms with van der Waals surface area (Å²) in [7, 11) is 0. The predicted octanol–water partition coefficient (Wildman–Crippen LogP) is 5.00. The summed E-state index contributed by atoms with van der Waals surface area (Å²) in [5.41, 5.74) is 1.48. The van der Waals surface area contributed by atoms with Crippen molar-refractivity contribution >= 4 is 46.6 Å². The minimum Gasteiger partial charge on any atom is -0.324 e. The summed E-state index contributed by atoms with van der Waals surface area (Å²) in [6, 6.07) is 14.8. The molecule has 0 radical (unpaired) electrons. The lowest BCUT2D eigenvalue weighted by atomic mass is 10.2. The monoisotopic (exact) mass is 406 g/mol. The number of halogens is 2. The van der Waals surface area contributed by atoms with E-state index in [1.54, 1.807) is 18.2 Å². The Hall–Kier alpha value is -2.02. The van der Waals surface area contributed by atoms with Crippen LogP contribution in [0.4, 0.5) is 5.69 Å². The van der Waals surface area contributed by atoms with E-state index in [9.17, 15) is 4.79 Å². The van der Waals surface area contributed by atoms with Crippen molar-refractivity contribution in [3.05, 3.63) is 58.6 Å². The van der Waals surface area contributed by atoms with Gasteiger partial charge in [-0.25, -0.2) is 0 Å². The van der Waals surface area contributed by atoms with Crippen LogP contribution in [0.2, 0.25) is 10.0 Å². The second kappa shape index (κ2) is 8.58. The second-order valence-electron chi connectivity index (χ2n) is 5.38. The molecule has 5 nitrogen and oxygen atoms in total. The number of nitrogens with zero attached hydrogens (tertiary/aromatic N) is 3. The van der Waals surface area contributed by atoms with Gasteiger partial charge >= 0.3 is 0 Å². The number of carbonyl (C=O) groups is 1. The maximum absolute atomic E-state index is 12.2. The molecule has 0 saturated heterocycles. The van der Waals surface area contributed by atoms with Crippen LogP contribution < -0.4 is 5.32 Å². The van der Waals surface area contributed by atoms with Gasteiger partial charge in [-0.2, -0.15) is 0 Å². The fourth-order valence-electron chi connectivity index (χ4n) is 2.39. The van der Waals surface area contributed by atoms with Crippen LogP contribution in [0.15, 0.2) is 53.7 Å². The van der Waals surface area contributed by atoms with E-state index in [0.717, 1.165) is 11.4 Å². The van der Waals surface area contributed by atoms with Gasteiger partial charge in [0.15, 0.2) is 11.0 Å². The molecule has 134 valence electrons. The van der Waals surface area contributed by atoms with Gasteiger partial charge in [-0.1, -0.05) is 65.3 Å². The Labute approximate surface area is 165 Å². The number of amides is 1. The summed E-state index contributed by atoms with van der Waals surface area (Å²) in [4.78, 5) is 12.2. The molecule has 0 spiro atoms. The number of carbonyl (C=O) groups excluding carboxylic acids is 1. The number of rotatable bonds is 6. The van der Waals surface area contributed by atoms with Crippen LogP contribution in [0.1, 0.15) is 6.92 Å². The van der Waals surface area contributed by atoms with Gasteiger partial charge in [-0.05, 0) is 25.1 Å². The first kappa shape index (κ1) is 18.8. The summed E-state index contributed by atoms with van der Waals surface area (Å²) < 4.78 is 1.99. The van der Waals surface area contributed by atoms with Crippen LogP contribution in [-0.2, 0) is 11.3 Å². The molecular formula is C18H16Cl2N4OS. The van der Waals surface area contributed by atoms with Gasteiger partial charge in [-0.3, -0.25) is 4.79 Å². The van der Waals surface area contributed by atoms with Gasteiger partial charge in [0, 0.05) is 17.1 Å². The van der Waals surface area contributed by atoms with Crippen molar-refractivity contribution in [2.75, 3.05) is 11.1 Å². The van der Waals surface area contributed by atoms with Crippen molar-refractivity contribution in [3.63, 3.8) is 0 Å². The van der Waals surface area contributed by atoms with Gasteiger partial charge in [-0.15, -0.1) is 10.2 Å². The molecular weight excluding hydrogens is 391 g/mol. The maximum Gasteiger partial charge on any atom is 0.234 e. The molecule has 0 bridgehead atoms. The Kier molecular flexibility index (Phi) is 6.19. The zero-order valence-corrected chi connectivity index (χ0v) is 16.3. The molecule has 2 aromatic carbocycles. The van der Waals surface area contributed by atoms with E-state index >= 15 is 0 Å². The lowest BCUT2D eigenvalue weighted by Crippen LogP contribution is -2.15. The molecule has 1 aromatic heterocycles. The number of hydrogen-bond donors (Lipinski definition) is 1. The highest BCUT2D eigenvalue weighted by atomic mass is 35.5. The van der Waals surface area contributed by atoms with Crippen LogP contribution in [0, 0.1) is 0 Å². The van der Waals surface area contributed by atoms with E-state index in [4.69, 9.17) is 23.2 Å². The van der Waals surface area contributed by atoms with Crippen LogP contribution >= 0.6 is 35.0 Å². The highest BCUT2D eigenvalue weighted by Crippen LogP contribution is 2.27. The summed E-state index contributed by atoms with van der Waals surface area (Å²) in [6.07, 6.45) is 0. The van der Waals surface area contributed by atoms with Gasteiger partial charge in [0.1, 0.15) is 0 Å². The van der Waals surface area contributed by atoms with Crippen molar-refractivity contribution in [3.8, 4) is 11.4 Å². The summed E-state index contributed by atoms with van der Waals surface area (Å²) in [5.74, 6) is 0.787. The van der Waals surface area contributed by atoms with Crippen LogP contribution in [0.25, 0.3) is 11.4 Å². The number of hydrogen-bond acceptors (Lipinski definition) is 4. The van der Waals surface area contributed by atoms with E-state index in [1.165, 1.54) is 11.8 Å². The maximum atomic E-state index is 12.2. The first-order valence-electron chi connectivity index (χ1n) is 7.94. The van der Waals surface area contributed by atoms with Crippen LogP contribution in [0.3, 0.4) is 0 Å². The number of aromatic nitrogens is 3. The van der Waals surface area contributed by atoms with Crippen LogP contribution in [-0.4, -0.2) is 26.4 Å². The normalized spacial score (nSPS) is 10.7. The number of thioether (sulfide) groups is 1. The molecule has 1 N–H and O–H groups in total. The van der Waals surface area contributed by atoms with Crippen LogP contribution in [0.5, 0.6) is 0 Å². The van der Waals surface area contributed by atoms with E-state index in [-0.39, 0.29) is 11.7 Å². The quantitative estimate of drug-likeness (QED) is 0.584. The molecule has 0 aliphatic carbocycles. The molecule has 1 heterocycles. The molecule has 3 rings (SSSR count). The fraction of sp³-hybridized carbons (Fsp3) is 0.167. The van der Waals surface area contributed by atoms with Gasteiger partial charge in [0.2, 0.25) is 5.91 Å². The largest absolute Gasteiger partial charge is 0.324 e. The van der Waals surface area contributed by atoms with E-state index < -0.39 is 0 Å². The Morgan fingerprint density at radius 2 is 1.92 bits per heavy atom. The molecule has 26 heavy (non-hydrogen) atoms. The SMILES string of the molecule is CCn1c(SCC(=O)Nc2cc(Cl)ccc2Cl)nnc1-c1ccccc1. The third-order valence-electron chi connectivity index (χ3n) is 3.60. The Morgan fingerprint density at radius 1 is 1.15 bits per heavy atom. The molecule has 0 aliphatic heterocycles. The van der Waals surface area contributed by atoms with Crippen molar-refractivity contribution in [2.45, 2.75) is 18.6 Å². The minimum atomic E-state index is -0.189. The zero-order valence-electron chi connectivity index (χ0n) is 13.9. The Bertz CT molecular complexity index is 915. The molecule has 0 unspecified atom stereocenters. The summed E-state index contributed by atoms with van der Waals surface area (Å²) >= 11 is 13.3. The van der Waals surface area contributed by atoms with Gasteiger partial charge < -0.3 is 9.88 Å². The number of benzene rings is 2. The Morgan fingerprint density at radius 3 is 2.65 bits per heavy atom. The highest BCUT2D eigenvalue weighted by molar-refractivity contribution is 7.99. The first-order valence-corrected chi connectivity index (χ1v) is 9.69. The number of nitrogens with one attached hydrogen (secondary N) is 1. The molecule has 3 aromatic rings. The van der Waals surface area contributed by atoms with Crippen molar-refractivity contribution < 1.29 is 4.79 Å². The topological polar surface area (TPSA) is 59.8 Å². The highest BCUT2D eigenvalue weighted by Gasteiger charge is 2.15. The number of anilines is 1. The lowest BCUT2D eigenvalue weighted by molar-refractivity contribution is -0.113. The van der Waals surface area contributed by atoms with E-state index in [1.807, 2.05) is 41.8 Å². The molecule has 0 fully saturated rings. The summed E-state index contributed by atoms with van der Waals surface area (Å²) in [5, 5.41) is 12.9. The lowest BCUT2D eigenvalue weighted by Gasteiger charge is -2.09. The average Bonchev–Trinajstić information content (AvgIpc) is 3.06. The molecule has 0 aliphatic rings. The van der Waals surface area contributed by atoms with Gasteiger partial charge in [0.25, 0.3) is 0 Å². The minimum absolute atomic E-state index is 0.189.